The first kappa shape index (κ1) is 16.7. The molecular weight excluding hydrogens is 239 g/mol. The summed E-state index contributed by atoms with van der Waals surface area (Å²) in [7, 11) is -0.285. The third-order valence-corrected chi connectivity index (χ3v) is 4.56. The van der Waals surface area contributed by atoms with E-state index in [0.717, 1.165) is 0 Å². The van der Waals surface area contributed by atoms with Crippen LogP contribution < -0.4 is 0 Å². The van der Waals surface area contributed by atoms with Gasteiger partial charge < -0.3 is 9.31 Å². The first-order valence-corrected chi connectivity index (χ1v) is 7.36. The Morgan fingerprint density at radius 1 is 1.00 bits per heavy atom. The average Bonchev–Trinajstić information content (AvgIpc) is 2.43. The molecule has 0 saturated carbocycles. The highest BCUT2D eigenvalue weighted by Crippen LogP contribution is 2.43. The van der Waals surface area contributed by atoms with Crippen LogP contribution in [0.2, 0.25) is 5.82 Å². The van der Waals surface area contributed by atoms with Gasteiger partial charge in [-0.15, -0.1) is 0 Å². The monoisotopic (exact) mass is 268 g/mol. The number of hydrogen-bond donors (Lipinski definition) is 0. The molecule has 1 fully saturated rings. The van der Waals surface area contributed by atoms with E-state index in [9.17, 15) is 4.79 Å². The van der Waals surface area contributed by atoms with Gasteiger partial charge in [-0.1, -0.05) is 27.7 Å². The second-order valence-electron chi connectivity index (χ2n) is 7.36. The number of hydrogen-bond acceptors (Lipinski definition) is 3. The third-order valence-electron chi connectivity index (χ3n) is 4.56. The van der Waals surface area contributed by atoms with Crippen molar-refractivity contribution in [3.63, 3.8) is 0 Å². The molecule has 19 heavy (non-hydrogen) atoms. The zero-order valence-electron chi connectivity index (χ0n) is 13.7. The van der Waals surface area contributed by atoms with E-state index in [4.69, 9.17) is 9.31 Å². The standard InChI is InChI=1S/C15H29BO3/c1-10(2)12(9-13(17)11(3)4)16-18-14(5,6)15(7,8)19-16/h10-12H,9H2,1-8H3. The topological polar surface area (TPSA) is 35.5 Å². The molecule has 1 unspecified atom stereocenters. The normalized spacial score (nSPS) is 23.2. The van der Waals surface area contributed by atoms with Crippen LogP contribution in [0.25, 0.3) is 0 Å². The van der Waals surface area contributed by atoms with Crippen LogP contribution in [0.3, 0.4) is 0 Å². The van der Waals surface area contributed by atoms with Crippen molar-refractivity contribution in [1.29, 1.82) is 0 Å². The molecule has 0 bridgehead atoms. The van der Waals surface area contributed by atoms with Gasteiger partial charge in [0, 0.05) is 18.2 Å². The lowest BCUT2D eigenvalue weighted by molar-refractivity contribution is -0.122. The van der Waals surface area contributed by atoms with Gasteiger partial charge in [0.1, 0.15) is 5.78 Å². The van der Waals surface area contributed by atoms with Crippen molar-refractivity contribution >= 4 is 12.9 Å². The van der Waals surface area contributed by atoms with Crippen molar-refractivity contribution in [3.05, 3.63) is 0 Å². The lowest BCUT2D eigenvalue weighted by Gasteiger charge is -2.32. The van der Waals surface area contributed by atoms with Gasteiger partial charge in [0.15, 0.2) is 0 Å². The number of carbonyl (C=O) groups is 1. The van der Waals surface area contributed by atoms with E-state index < -0.39 is 0 Å². The fraction of sp³-hybridized carbons (Fsp3) is 0.933. The highest BCUT2D eigenvalue weighted by Gasteiger charge is 2.54. The molecule has 0 spiro atoms. The Labute approximate surface area is 118 Å². The van der Waals surface area contributed by atoms with Crippen molar-refractivity contribution in [2.75, 3.05) is 0 Å². The van der Waals surface area contributed by atoms with E-state index in [-0.39, 0.29) is 35.8 Å². The SMILES string of the molecule is CC(C)C(=O)CC(B1OC(C)(C)C(C)(C)O1)C(C)C. The third kappa shape index (κ3) is 3.60. The Morgan fingerprint density at radius 3 is 1.74 bits per heavy atom. The largest absolute Gasteiger partial charge is 0.461 e. The molecule has 110 valence electrons. The van der Waals surface area contributed by atoms with Crippen molar-refractivity contribution in [3.8, 4) is 0 Å². The summed E-state index contributed by atoms with van der Waals surface area (Å²) in [5.74, 6) is 0.838. The molecule has 0 aromatic carbocycles. The van der Waals surface area contributed by atoms with Gasteiger partial charge in [0.2, 0.25) is 0 Å². The Kier molecular flexibility index (Phi) is 4.90. The lowest BCUT2D eigenvalue weighted by atomic mass is 9.63. The van der Waals surface area contributed by atoms with E-state index in [1.807, 2.05) is 13.8 Å². The molecule has 0 aromatic rings. The van der Waals surface area contributed by atoms with Crippen molar-refractivity contribution < 1.29 is 14.1 Å². The van der Waals surface area contributed by atoms with Gasteiger partial charge >= 0.3 is 7.12 Å². The number of Topliss-reactive ketones (excluding diaryl/α,β-unsaturated/α-hetero) is 1. The molecule has 1 atom stereocenters. The van der Waals surface area contributed by atoms with Crippen LogP contribution in [0, 0.1) is 11.8 Å². The minimum absolute atomic E-state index is 0.0728. The summed E-state index contributed by atoms with van der Waals surface area (Å²) >= 11 is 0. The van der Waals surface area contributed by atoms with Crippen LogP contribution in [-0.4, -0.2) is 24.1 Å². The number of rotatable bonds is 5. The first-order chi connectivity index (χ1) is 8.48. The molecule has 1 aliphatic heterocycles. The highest BCUT2D eigenvalue weighted by atomic mass is 16.7. The van der Waals surface area contributed by atoms with Gasteiger partial charge in [-0.05, 0) is 33.6 Å². The summed E-state index contributed by atoms with van der Waals surface area (Å²) in [5, 5.41) is 0. The molecule has 0 N–H and O–H groups in total. The molecule has 1 aliphatic rings. The van der Waals surface area contributed by atoms with Gasteiger partial charge in [-0.25, -0.2) is 0 Å². The predicted molar refractivity (Wildman–Crippen MR) is 79.1 cm³/mol. The van der Waals surface area contributed by atoms with Gasteiger partial charge in [0.25, 0.3) is 0 Å². The van der Waals surface area contributed by atoms with Crippen LogP contribution in [0.1, 0.15) is 61.8 Å². The van der Waals surface area contributed by atoms with E-state index in [0.29, 0.717) is 12.3 Å². The van der Waals surface area contributed by atoms with Crippen LogP contribution >= 0.6 is 0 Å². The fourth-order valence-corrected chi connectivity index (χ4v) is 2.18. The molecule has 1 rings (SSSR count). The van der Waals surface area contributed by atoms with Crippen LogP contribution in [0.15, 0.2) is 0 Å². The first-order valence-electron chi connectivity index (χ1n) is 7.36. The minimum Gasteiger partial charge on any atom is -0.403 e. The van der Waals surface area contributed by atoms with Crippen LogP contribution in [-0.2, 0) is 14.1 Å². The van der Waals surface area contributed by atoms with Crippen molar-refractivity contribution in [2.24, 2.45) is 11.8 Å². The summed E-state index contributed by atoms with van der Waals surface area (Å²) in [5.41, 5.74) is -0.655. The Balaban J connectivity index is 2.83. The maximum Gasteiger partial charge on any atom is 0.461 e. The minimum atomic E-state index is -0.328. The number of ketones is 1. The second kappa shape index (κ2) is 5.57. The smallest absolute Gasteiger partial charge is 0.403 e. The van der Waals surface area contributed by atoms with Gasteiger partial charge in [-0.3, -0.25) is 4.79 Å². The van der Waals surface area contributed by atoms with E-state index in [1.54, 1.807) is 0 Å². The van der Waals surface area contributed by atoms with E-state index >= 15 is 0 Å². The van der Waals surface area contributed by atoms with Gasteiger partial charge in [-0.2, -0.15) is 0 Å². The molecule has 0 amide bonds. The molecule has 0 aliphatic carbocycles. The molecular formula is C15H29BO3. The van der Waals surface area contributed by atoms with E-state index in [1.165, 1.54) is 0 Å². The maximum absolute atomic E-state index is 12.0. The zero-order chi connectivity index (χ0) is 15.0. The molecule has 1 heterocycles. The second-order valence-corrected chi connectivity index (χ2v) is 7.36. The van der Waals surface area contributed by atoms with Crippen LogP contribution in [0.5, 0.6) is 0 Å². The Morgan fingerprint density at radius 2 is 1.42 bits per heavy atom. The highest BCUT2D eigenvalue weighted by molar-refractivity contribution is 6.48. The predicted octanol–water partition coefficient (Wildman–Crippen LogP) is 3.72. The molecule has 0 aromatic heterocycles. The quantitative estimate of drug-likeness (QED) is 0.713. The summed E-state index contributed by atoms with van der Waals surface area (Å²) < 4.78 is 12.2. The molecule has 0 radical (unpaired) electrons. The van der Waals surface area contributed by atoms with Crippen molar-refractivity contribution in [2.45, 2.75) is 78.8 Å². The summed E-state index contributed by atoms with van der Waals surface area (Å²) in [6.07, 6.45) is 0.534. The fourth-order valence-electron chi connectivity index (χ4n) is 2.18. The molecule has 3 nitrogen and oxygen atoms in total. The van der Waals surface area contributed by atoms with Crippen molar-refractivity contribution in [1.82, 2.24) is 0 Å². The van der Waals surface area contributed by atoms with E-state index in [2.05, 4.69) is 41.5 Å². The summed E-state index contributed by atoms with van der Waals surface area (Å²) in [6.45, 7) is 16.4. The average molecular weight is 268 g/mol. The molecule has 4 heteroatoms. The molecule has 1 saturated heterocycles. The zero-order valence-corrected chi connectivity index (χ0v) is 13.7. The Bertz CT molecular complexity index is 318. The van der Waals surface area contributed by atoms with Gasteiger partial charge in [0.05, 0.1) is 11.2 Å². The van der Waals surface area contributed by atoms with Crippen LogP contribution in [0.4, 0.5) is 0 Å². The maximum atomic E-state index is 12.0. The Hall–Kier alpha value is -0.345. The lowest BCUT2D eigenvalue weighted by Crippen LogP contribution is -2.41. The summed E-state index contributed by atoms with van der Waals surface area (Å²) in [6, 6.07) is 0. The summed E-state index contributed by atoms with van der Waals surface area (Å²) in [4.78, 5) is 12.0. The number of carbonyl (C=O) groups excluding carboxylic acids is 1.